The fraction of sp³-hybridized carbons (Fsp3) is 0.421. The number of anilines is 3. The van der Waals surface area contributed by atoms with Gasteiger partial charge < -0.3 is 20.0 Å². The molecular formula is C19H23ClN6O. The lowest BCUT2D eigenvalue weighted by molar-refractivity contribution is 0.208. The lowest BCUT2D eigenvalue weighted by Gasteiger charge is -2.35. The summed E-state index contributed by atoms with van der Waals surface area (Å²) < 4.78 is 0. The molecule has 142 valence electrons. The smallest absolute Gasteiger partial charge is 0.321 e. The van der Waals surface area contributed by atoms with Crippen molar-refractivity contribution >= 4 is 35.1 Å². The Balaban J connectivity index is 1.34. The lowest BCUT2D eigenvalue weighted by atomic mass is 10.3. The molecule has 4 rings (SSSR count). The molecule has 0 spiro atoms. The summed E-state index contributed by atoms with van der Waals surface area (Å²) in [5, 5.41) is 3.51. The number of carbonyl (C=O) groups is 1. The molecular weight excluding hydrogens is 364 g/mol. The van der Waals surface area contributed by atoms with Crippen molar-refractivity contribution in [3.05, 3.63) is 41.6 Å². The predicted octanol–water partition coefficient (Wildman–Crippen LogP) is 3.08. The van der Waals surface area contributed by atoms with Crippen LogP contribution in [0.3, 0.4) is 0 Å². The Kier molecular flexibility index (Phi) is 5.29. The van der Waals surface area contributed by atoms with Crippen LogP contribution >= 0.6 is 11.6 Å². The van der Waals surface area contributed by atoms with Crippen LogP contribution in [0.2, 0.25) is 5.02 Å². The highest BCUT2D eigenvalue weighted by Crippen LogP contribution is 2.20. The average molecular weight is 387 g/mol. The zero-order valence-electron chi connectivity index (χ0n) is 15.1. The van der Waals surface area contributed by atoms with Crippen molar-refractivity contribution in [1.82, 2.24) is 14.9 Å². The van der Waals surface area contributed by atoms with Gasteiger partial charge >= 0.3 is 6.03 Å². The van der Waals surface area contributed by atoms with E-state index in [9.17, 15) is 4.79 Å². The Morgan fingerprint density at radius 1 is 1.00 bits per heavy atom. The molecule has 3 heterocycles. The second-order valence-electron chi connectivity index (χ2n) is 6.82. The number of halogens is 1. The van der Waals surface area contributed by atoms with Crippen LogP contribution in [0.5, 0.6) is 0 Å². The highest BCUT2D eigenvalue weighted by molar-refractivity contribution is 6.30. The summed E-state index contributed by atoms with van der Waals surface area (Å²) in [5.41, 5.74) is 0.709. The minimum Gasteiger partial charge on any atom is -0.353 e. The van der Waals surface area contributed by atoms with Gasteiger partial charge in [0.2, 0.25) is 5.95 Å². The van der Waals surface area contributed by atoms with Gasteiger partial charge in [-0.3, -0.25) is 0 Å². The summed E-state index contributed by atoms with van der Waals surface area (Å²) in [6.45, 7) is 4.85. The van der Waals surface area contributed by atoms with Gasteiger partial charge in [0.25, 0.3) is 0 Å². The first-order chi connectivity index (χ1) is 13.2. The number of urea groups is 1. The van der Waals surface area contributed by atoms with Gasteiger partial charge in [-0.15, -0.1) is 0 Å². The van der Waals surface area contributed by atoms with E-state index in [1.165, 1.54) is 12.8 Å². The number of rotatable bonds is 3. The predicted molar refractivity (Wildman–Crippen MR) is 108 cm³/mol. The van der Waals surface area contributed by atoms with Crippen LogP contribution in [0, 0.1) is 0 Å². The standard InChI is InChI=1S/C19H23ClN6O/c20-15-4-3-5-16(14-15)22-19(27)26-12-10-24(11-13-26)17-6-7-21-18(23-17)25-8-1-2-9-25/h3-7,14H,1-2,8-13H2,(H,22,27). The van der Waals surface area contributed by atoms with E-state index in [4.69, 9.17) is 16.6 Å². The molecule has 8 heteroatoms. The van der Waals surface area contributed by atoms with Gasteiger partial charge in [0.1, 0.15) is 5.82 Å². The number of carbonyl (C=O) groups excluding carboxylic acids is 1. The van der Waals surface area contributed by atoms with Crippen LogP contribution in [-0.2, 0) is 0 Å². The van der Waals surface area contributed by atoms with Crippen molar-refractivity contribution in [2.75, 3.05) is 54.4 Å². The van der Waals surface area contributed by atoms with Gasteiger partial charge in [-0.1, -0.05) is 17.7 Å². The average Bonchev–Trinajstić information content (AvgIpc) is 3.23. The highest BCUT2D eigenvalue weighted by atomic mass is 35.5. The second kappa shape index (κ2) is 8.00. The second-order valence-corrected chi connectivity index (χ2v) is 7.26. The molecule has 7 nitrogen and oxygen atoms in total. The quantitative estimate of drug-likeness (QED) is 0.878. The summed E-state index contributed by atoms with van der Waals surface area (Å²) in [7, 11) is 0. The zero-order valence-corrected chi connectivity index (χ0v) is 15.9. The Hall–Kier alpha value is -2.54. The van der Waals surface area contributed by atoms with Crippen LogP contribution in [-0.4, -0.2) is 60.2 Å². The molecule has 0 saturated carbocycles. The number of nitrogens with zero attached hydrogens (tertiary/aromatic N) is 5. The maximum absolute atomic E-state index is 12.5. The number of nitrogens with one attached hydrogen (secondary N) is 1. The Morgan fingerprint density at radius 3 is 2.52 bits per heavy atom. The van der Waals surface area contributed by atoms with E-state index < -0.39 is 0 Å². The van der Waals surface area contributed by atoms with Crippen molar-refractivity contribution in [3.63, 3.8) is 0 Å². The molecule has 0 unspecified atom stereocenters. The van der Waals surface area contributed by atoms with E-state index in [1.54, 1.807) is 12.1 Å². The Bertz CT molecular complexity index is 802. The molecule has 1 aromatic carbocycles. The van der Waals surface area contributed by atoms with Crippen molar-refractivity contribution in [2.24, 2.45) is 0 Å². The number of hydrogen-bond donors (Lipinski definition) is 1. The first kappa shape index (κ1) is 17.9. The van der Waals surface area contributed by atoms with Crippen LogP contribution in [0.4, 0.5) is 22.2 Å². The SMILES string of the molecule is O=C(Nc1cccc(Cl)c1)N1CCN(c2ccnc(N3CCCC3)n2)CC1. The van der Waals surface area contributed by atoms with Crippen LogP contribution in [0.15, 0.2) is 36.5 Å². The summed E-state index contributed by atoms with van der Waals surface area (Å²) in [6.07, 6.45) is 4.23. The molecule has 2 saturated heterocycles. The molecule has 2 aromatic rings. The number of benzene rings is 1. The van der Waals surface area contributed by atoms with Gasteiger partial charge in [0.05, 0.1) is 0 Å². The summed E-state index contributed by atoms with van der Waals surface area (Å²) in [5.74, 6) is 1.74. The maximum Gasteiger partial charge on any atom is 0.321 e. The molecule has 0 radical (unpaired) electrons. The van der Waals surface area contributed by atoms with E-state index in [0.29, 0.717) is 23.8 Å². The fourth-order valence-electron chi connectivity index (χ4n) is 3.49. The molecule has 2 aliphatic heterocycles. The maximum atomic E-state index is 12.5. The first-order valence-corrected chi connectivity index (χ1v) is 9.71. The molecule has 2 amide bonds. The zero-order chi connectivity index (χ0) is 18.6. The number of amides is 2. The van der Waals surface area contributed by atoms with E-state index in [0.717, 1.165) is 37.9 Å². The van der Waals surface area contributed by atoms with Gasteiger partial charge in [-0.25, -0.2) is 9.78 Å². The van der Waals surface area contributed by atoms with E-state index in [-0.39, 0.29) is 6.03 Å². The first-order valence-electron chi connectivity index (χ1n) is 9.33. The van der Waals surface area contributed by atoms with E-state index >= 15 is 0 Å². The molecule has 0 aliphatic carbocycles. The van der Waals surface area contributed by atoms with Crippen molar-refractivity contribution in [1.29, 1.82) is 0 Å². The van der Waals surface area contributed by atoms with Crippen LogP contribution < -0.4 is 15.1 Å². The van der Waals surface area contributed by atoms with Crippen molar-refractivity contribution in [3.8, 4) is 0 Å². The van der Waals surface area contributed by atoms with Gasteiger partial charge in [0.15, 0.2) is 0 Å². The van der Waals surface area contributed by atoms with Crippen LogP contribution in [0.25, 0.3) is 0 Å². The monoisotopic (exact) mass is 386 g/mol. The van der Waals surface area contributed by atoms with Crippen molar-refractivity contribution < 1.29 is 4.79 Å². The molecule has 1 aromatic heterocycles. The topological polar surface area (TPSA) is 64.6 Å². The number of piperazine rings is 1. The molecule has 2 fully saturated rings. The molecule has 0 bridgehead atoms. The normalized spacial score (nSPS) is 17.3. The third-order valence-corrected chi connectivity index (χ3v) is 5.22. The van der Waals surface area contributed by atoms with Gasteiger partial charge in [-0.2, -0.15) is 4.98 Å². The number of aromatic nitrogens is 2. The summed E-state index contributed by atoms with van der Waals surface area (Å²) in [6, 6.07) is 9.03. The minimum absolute atomic E-state index is 0.0997. The fourth-order valence-corrected chi connectivity index (χ4v) is 3.68. The van der Waals surface area contributed by atoms with Gasteiger partial charge in [-0.05, 0) is 37.1 Å². The highest BCUT2D eigenvalue weighted by Gasteiger charge is 2.23. The largest absolute Gasteiger partial charge is 0.353 e. The van der Waals surface area contributed by atoms with Gasteiger partial charge in [0, 0.05) is 56.2 Å². The van der Waals surface area contributed by atoms with E-state index in [2.05, 4.69) is 20.1 Å². The molecule has 1 N–H and O–H groups in total. The minimum atomic E-state index is -0.0997. The molecule has 0 atom stereocenters. The molecule has 2 aliphatic rings. The summed E-state index contributed by atoms with van der Waals surface area (Å²) >= 11 is 5.97. The van der Waals surface area contributed by atoms with E-state index in [1.807, 2.05) is 29.3 Å². The summed E-state index contributed by atoms with van der Waals surface area (Å²) in [4.78, 5) is 27.9. The van der Waals surface area contributed by atoms with Crippen LogP contribution in [0.1, 0.15) is 12.8 Å². The lowest BCUT2D eigenvalue weighted by Crippen LogP contribution is -2.50. The third-order valence-electron chi connectivity index (χ3n) is 4.98. The Labute approximate surface area is 163 Å². The molecule has 27 heavy (non-hydrogen) atoms. The third kappa shape index (κ3) is 4.24. The van der Waals surface area contributed by atoms with Crippen molar-refractivity contribution in [2.45, 2.75) is 12.8 Å². The number of hydrogen-bond acceptors (Lipinski definition) is 5. The Morgan fingerprint density at radius 2 is 1.78 bits per heavy atom.